The molecular formula is C25H26ClN3O2. The molecule has 1 aromatic heterocycles. The van der Waals surface area contributed by atoms with Crippen LogP contribution in [0.5, 0.6) is 11.5 Å². The van der Waals surface area contributed by atoms with Gasteiger partial charge in [-0.05, 0) is 54.4 Å². The van der Waals surface area contributed by atoms with Gasteiger partial charge in [0.2, 0.25) is 0 Å². The fourth-order valence-electron chi connectivity index (χ4n) is 3.40. The molecule has 4 rings (SSSR count). The van der Waals surface area contributed by atoms with E-state index in [9.17, 15) is 0 Å². The predicted octanol–water partition coefficient (Wildman–Crippen LogP) is 5.53. The van der Waals surface area contributed by atoms with Gasteiger partial charge in [-0.2, -0.15) is 0 Å². The van der Waals surface area contributed by atoms with Crippen LogP contribution in [0.1, 0.15) is 23.9 Å². The van der Waals surface area contributed by atoms with Crippen molar-refractivity contribution in [3.63, 3.8) is 0 Å². The van der Waals surface area contributed by atoms with Crippen LogP contribution in [-0.2, 0) is 19.6 Å². The van der Waals surface area contributed by atoms with Gasteiger partial charge in [0.05, 0.1) is 17.6 Å². The number of H-pyrrole nitrogens is 1. The molecular weight excluding hydrogens is 410 g/mol. The van der Waals surface area contributed by atoms with Gasteiger partial charge in [-0.15, -0.1) is 0 Å². The number of hydrogen-bond acceptors (Lipinski definition) is 4. The third kappa shape index (κ3) is 5.78. The lowest BCUT2D eigenvalue weighted by molar-refractivity contribution is 0.269. The minimum atomic E-state index is 0.440. The molecule has 0 bridgehead atoms. The highest BCUT2D eigenvalue weighted by Gasteiger charge is 2.08. The Morgan fingerprint density at radius 3 is 2.68 bits per heavy atom. The molecule has 0 radical (unpaired) electrons. The van der Waals surface area contributed by atoms with Crippen molar-refractivity contribution in [3.8, 4) is 11.5 Å². The Balaban J connectivity index is 1.32. The van der Waals surface area contributed by atoms with Crippen LogP contribution in [0.15, 0.2) is 66.7 Å². The Bertz CT molecular complexity index is 1110. The Labute approximate surface area is 187 Å². The van der Waals surface area contributed by atoms with E-state index in [1.165, 1.54) is 0 Å². The van der Waals surface area contributed by atoms with E-state index < -0.39 is 0 Å². The molecule has 0 aliphatic heterocycles. The highest BCUT2D eigenvalue weighted by atomic mass is 35.5. The van der Waals surface area contributed by atoms with Crippen molar-refractivity contribution in [1.82, 2.24) is 15.3 Å². The van der Waals surface area contributed by atoms with Gasteiger partial charge in [0, 0.05) is 24.5 Å². The van der Waals surface area contributed by atoms with Crippen LogP contribution in [0.3, 0.4) is 0 Å². The zero-order chi connectivity index (χ0) is 21.5. The van der Waals surface area contributed by atoms with Gasteiger partial charge in [-0.1, -0.05) is 41.9 Å². The van der Waals surface area contributed by atoms with Crippen LogP contribution >= 0.6 is 11.6 Å². The summed E-state index contributed by atoms with van der Waals surface area (Å²) < 4.78 is 11.8. The lowest BCUT2D eigenvalue weighted by Gasteiger charge is -2.14. The maximum Gasteiger partial charge on any atom is 0.161 e. The van der Waals surface area contributed by atoms with E-state index >= 15 is 0 Å². The van der Waals surface area contributed by atoms with Crippen molar-refractivity contribution in [3.05, 3.63) is 88.7 Å². The van der Waals surface area contributed by atoms with Gasteiger partial charge in [0.1, 0.15) is 12.4 Å². The molecule has 0 amide bonds. The van der Waals surface area contributed by atoms with Crippen molar-refractivity contribution in [2.45, 2.75) is 26.5 Å². The minimum absolute atomic E-state index is 0.440. The molecule has 3 aromatic carbocycles. The normalized spacial score (nSPS) is 11.0. The molecule has 5 nitrogen and oxygen atoms in total. The van der Waals surface area contributed by atoms with Gasteiger partial charge in [0.15, 0.2) is 11.5 Å². The van der Waals surface area contributed by atoms with Crippen molar-refractivity contribution >= 4 is 22.6 Å². The summed E-state index contributed by atoms with van der Waals surface area (Å²) in [7, 11) is 0. The zero-order valence-corrected chi connectivity index (χ0v) is 18.3. The van der Waals surface area contributed by atoms with Crippen LogP contribution in [0.4, 0.5) is 0 Å². The van der Waals surface area contributed by atoms with Crippen molar-refractivity contribution in [1.29, 1.82) is 0 Å². The van der Waals surface area contributed by atoms with Crippen molar-refractivity contribution < 1.29 is 9.47 Å². The smallest absolute Gasteiger partial charge is 0.161 e. The van der Waals surface area contributed by atoms with Crippen LogP contribution < -0.4 is 14.8 Å². The Morgan fingerprint density at radius 2 is 1.84 bits per heavy atom. The van der Waals surface area contributed by atoms with Crippen molar-refractivity contribution in [2.75, 3.05) is 13.2 Å². The minimum Gasteiger partial charge on any atom is -0.490 e. The number of hydrogen-bond donors (Lipinski definition) is 2. The van der Waals surface area contributed by atoms with E-state index in [4.69, 9.17) is 21.1 Å². The fourth-order valence-corrected chi connectivity index (χ4v) is 3.61. The third-order valence-electron chi connectivity index (χ3n) is 4.90. The Morgan fingerprint density at radius 1 is 0.935 bits per heavy atom. The molecule has 0 aliphatic rings. The number of halogens is 1. The first-order valence-electron chi connectivity index (χ1n) is 10.5. The molecule has 0 saturated heterocycles. The van der Waals surface area contributed by atoms with E-state index in [0.29, 0.717) is 18.2 Å². The van der Waals surface area contributed by atoms with Gasteiger partial charge in [-0.3, -0.25) is 0 Å². The molecule has 2 N–H and O–H groups in total. The summed E-state index contributed by atoms with van der Waals surface area (Å²) in [5.41, 5.74) is 4.24. The lowest BCUT2D eigenvalue weighted by atomic mass is 10.2. The first-order chi connectivity index (χ1) is 15.2. The number of benzene rings is 3. The quantitative estimate of drug-likeness (QED) is 0.322. The average molecular weight is 436 g/mol. The van der Waals surface area contributed by atoms with Crippen LogP contribution in [0, 0.1) is 0 Å². The van der Waals surface area contributed by atoms with Crippen molar-refractivity contribution in [2.24, 2.45) is 0 Å². The molecule has 0 aliphatic carbocycles. The van der Waals surface area contributed by atoms with E-state index in [-0.39, 0.29) is 0 Å². The summed E-state index contributed by atoms with van der Waals surface area (Å²) in [5.74, 6) is 2.47. The van der Waals surface area contributed by atoms with E-state index in [1.807, 2.05) is 67.6 Å². The predicted molar refractivity (Wildman–Crippen MR) is 125 cm³/mol. The van der Waals surface area contributed by atoms with Gasteiger partial charge in [0.25, 0.3) is 0 Å². The number of imidazole rings is 1. The second kappa shape index (κ2) is 10.3. The zero-order valence-electron chi connectivity index (χ0n) is 17.5. The van der Waals surface area contributed by atoms with Crippen LogP contribution in [0.25, 0.3) is 11.0 Å². The number of ether oxygens (including phenoxy) is 2. The molecule has 4 aromatic rings. The van der Waals surface area contributed by atoms with Crippen LogP contribution in [-0.4, -0.2) is 23.1 Å². The van der Waals surface area contributed by atoms with Gasteiger partial charge in [-0.25, -0.2) is 4.98 Å². The maximum absolute atomic E-state index is 6.06. The molecule has 31 heavy (non-hydrogen) atoms. The van der Waals surface area contributed by atoms with E-state index in [1.54, 1.807) is 0 Å². The first kappa shape index (κ1) is 21.2. The molecule has 0 spiro atoms. The average Bonchev–Trinajstić information content (AvgIpc) is 3.19. The van der Waals surface area contributed by atoms with E-state index in [2.05, 4.69) is 21.4 Å². The van der Waals surface area contributed by atoms with E-state index in [0.717, 1.165) is 59.0 Å². The first-order valence-corrected chi connectivity index (χ1v) is 10.9. The molecule has 0 unspecified atom stereocenters. The highest BCUT2D eigenvalue weighted by molar-refractivity contribution is 6.30. The standard InChI is InChI=1S/C25H26ClN3O2/c1-2-30-24-15-18(10-11-23(24)31-17-19-6-5-7-20(26)14-19)16-27-13-12-25-28-21-8-3-4-9-22(21)29-25/h3-11,14-15,27H,2,12-13,16-17H2,1H3,(H,28,29). The summed E-state index contributed by atoms with van der Waals surface area (Å²) in [5, 5.41) is 4.18. The monoisotopic (exact) mass is 435 g/mol. The number of fused-ring (bicyclic) bond motifs is 1. The number of aromatic nitrogens is 2. The Kier molecular flexibility index (Phi) is 7.07. The summed E-state index contributed by atoms with van der Waals surface area (Å²) in [6, 6.07) is 21.8. The Hall–Kier alpha value is -3.02. The number of aromatic amines is 1. The summed E-state index contributed by atoms with van der Waals surface area (Å²) in [6.45, 7) is 4.57. The molecule has 6 heteroatoms. The molecule has 160 valence electrons. The molecule has 0 atom stereocenters. The number of rotatable bonds is 10. The van der Waals surface area contributed by atoms with Gasteiger partial charge < -0.3 is 19.8 Å². The third-order valence-corrected chi connectivity index (χ3v) is 5.13. The maximum atomic E-state index is 6.06. The summed E-state index contributed by atoms with van der Waals surface area (Å²) in [6.07, 6.45) is 0.841. The van der Waals surface area contributed by atoms with Gasteiger partial charge >= 0.3 is 0 Å². The number of para-hydroxylation sites is 2. The number of nitrogens with zero attached hydrogens (tertiary/aromatic N) is 1. The SMILES string of the molecule is CCOc1cc(CNCCc2nc3ccccc3[nH]2)ccc1OCc1cccc(Cl)c1. The van der Waals surface area contributed by atoms with Crippen LogP contribution in [0.2, 0.25) is 5.02 Å². The molecule has 0 saturated carbocycles. The largest absolute Gasteiger partial charge is 0.490 e. The highest BCUT2D eigenvalue weighted by Crippen LogP contribution is 2.29. The summed E-state index contributed by atoms with van der Waals surface area (Å²) >= 11 is 6.06. The summed E-state index contributed by atoms with van der Waals surface area (Å²) in [4.78, 5) is 7.98. The second-order valence-electron chi connectivity index (χ2n) is 7.26. The molecule has 0 fully saturated rings. The fraction of sp³-hybridized carbons (Fsp3) is 0.240. The lowest BCUT2D eigenvalue weighted by Crippen LogP contribution is -2.17. The topological polar surface area (TPSA) is 59.2 Å². The molecule has 1 heterocycles. The second-order valence-corrected chi connectivity index (χ2v) is 7.70. The number of nitrogens with one attached hydrogen (secondary N) is 2.